The first-order valence-electron chi connectivity index (χ1n) is 5.37. The molecular weight excluding hydrogens is 255 g/mol. The lowest BCUT2D eigenvalue weighted by atomic mass is 10.0. The van der Waals surface area contributed by atoms with E-state index in [0.29, 0.717) is 10.0 Å². The molecule has 3 heteroatoms. The van der Waals surface area contributed by atoms with Gasteiger partial charge in [0.1, 0.15) is 5.75 Å². The summed E-state index contributed by atoms with van der Waals surface area (Å²) in [7, 11) is 0. The third kappa shape index (κ3) is 3.15. The molecule has 0 aliphatic carbocycles. The van der Waals surface area contributed by atoms with Gasteiger partial charge < -0.3 is 5.11 Å². The van der Waals surface area contributed by atoms with Crippen LogP contribution in [0, 0.1) is 0 Å². The van der Waals surface area contributed by atoms with Gasteiger partial charge in [-0.2, -0.15) is 0 Å². The minimum atomic E-state index is 0.100. The fourth-order valence-corrected chi connectivity index (χ4v) is 2.41. The van der Waals surface area contributed by atoms with Crippen LogP contribution in [0.25, 0.3) is 0 Å². The Morgan fingerprint density at radius 3 is 2.06 bits per heavy atom. The summed E-state index contributed by atoms with van der Waals surface area (Å²) in [6.45, 7) is 0. The second-order valence-corrected chi connectivity index (χ2v) is 4.69. The van der Waals surface area contributed by atoms with Gasteiger partial charge in [0.15, 0.2) is 0 Å². The van der Waals surface area contributed by atoms with Crippen molar-refractivity contribution in [3.05, 3.63) is 63.6 Å². The lowest BCUT2D eigenvalue weighted by Crippen LogP contribution is -1.93. The Hall–Kier alpha value is -1.18. The average Bonchev–Trinajstić information content (AvgIpc) is 2.29. The van der Waals surface area contributed by atoms with Gasteiger partial charge in [-0.3, -0.25) is 0 Å². The van der Waals surface area contributed by atoms with E-state index in [-0.39, 0.29) is 5.75 Å². The molecular formula is C14H12Cl2O. The highest BCUT2D eigenvalue weighted by molar-refractivity contribution is 6.36. The molecule has 0 heterocycles. The summed E-state index contributed by atoms with van der Waals surface area (Å²) in [5.41, 5.74) is 2.13. The predicted octanol–water partition coefficient (Wildman–Crippen LogP) is 4.48. The van der Waals surface area contributed by atoms with Crippen LogP contribution in [-0.2, 0) is 12.8 Å². The van der Waals surface area contributed by atoms with Gasteiger partial charge in [0.05, 0.1) is 0 Å². The summed E-state index contributed by atoms with van der Waals surface area (Å²) >= 11 is 12.1. The Bertz CT molecular complexity index is 486. The number of benzene rings is 2. The Balaban J connectivity index is 2.15. The number of phenolic OH excluding ortho intramolecular Hbond substituents is 1. The van der Waals surface area contributed by atoms with Crippen molar-refractivity contribution < 1.29 is 5.11 Å². The lowest BCUT2D eigenvalue weighted by Gasteiger charge is -2.07. The zero-order valence-electron chi connectivity index (χ0n) is 9.16. The van der Waals surface area contributed by atoms with Crippen molar-refractivity contribution in [3.8, 4) is 5.75 Å². The maximum absolute atomic E-state index is 9.33. The number of halogens is 2. The molecule has 2 rings (SSSR count). The summed E-state index contributed by atoms with van der Waals surface area (Å²) in [4.78, 5) is 0. The molecule has 17 heavy (non-hydrogen) atoms. The highest BCUT2D eigenvalue weighted by Crippen LogP contribution is 2.30. The fraction of sp³-hybridized carbons (Fsp3) is 0.143. The van der Waals surface area contributed by atoms with E-state index in [1.165, 1.54) is 17.7 Å². The first-order valence-corrected chi connectivity index (χ1v) is 6.13. The first-order chi connectivity index (χ1) is 8.16. The number of aromatic hydroxyl groups is 1. The van der Waals surface area contributed by atoms with Crippen molar-refractivity contribution >= 4 is 23.2 Å². The fourth-order valence-electron chi connectivity index (χ4n) is 1.74. The molecule has 88 valence electrons. The van der Waals surface area contributed by atoms with E-state index in [4.69, 9.17) is 23.2 Å². The molecule has 0 saturated heterocycles. The van der Waals surface area contributed by atoms with Gasteiger partial charge in [-0.15, -0.1) is 0 Å². The lowest BCUT2D eigenvalue weighted by molar-refractivity contribution is 0.475. The summed E-state index contributed by atoms with van der Waals surface area (Å²) < 4.78 is 0. The van der Waals surface area contributed by atoms with Crippen molar-refractivity contribution in [2.45, 2.75) is 12.8 Å². The van der Waals surface area contributed by atoms with Crippen LogP contribution in [0.3, 0.4) is 0 Å². The first kappa shape index (κ1) is 12.3. The SMILES string of the molecule is Oc1cc(Cl)c(CCc2ccccc2)c(Cl)c1. The van der Waals surface area contributed by atoms with Crippen LogP contribution < -0.4 is 0 Å². The zero-order valence-corrected chi connectivity index (χ0v) is 10.7. The standard InChI is InChI=1S/C14H12Cl2O/c15-13-8-11(17)9-14(16)12(13)7-6-10-4-2-1-3-5-10/h1-5,8-9,17H,6-7H2. The summed E-state index contributed by atoms with van der Waals surface area (Å²) in [6, 6.07) is 13.2. The van der Waals surface area contributed by atoms with Crippen LogP contribution in [0.4, 0.5) is 0 Å². The van der Waals surface area contributed by atoms with Crippen LogP contribution in [-0.4, -0.2) is 5.11 Å². The molecule has 2 aromatic carbocycles. The molecule has 2 aromatic rings. The van der Waals surface area contributed by atoms with Crippen molar-refractivity contribution in [1.29, 1.82) is 0 Å². The van der Waals surface area contributed by atoms with E-state index in [1.807, 2.05) is 18.2 Å². The molecule has 0 aliphatic rings. The zero-order chi connectivity index (χ0) is 12.3. The number of hydrogen-bond acceptors (Lipinski definition) is 1. The van der Waals surface area contributed by atoms with Crippen LogP contribution >= 0.6 is 23.2 Å². The molecule has 0 fully saturated rings. The Kier molecular flexibility index (Phi) is 3.93. The Morgan fingerprint density at radius 1 is 0.882 bits per heavy atom. The molecule has 0 atom stereocenters. The van der Waals surface area contributed by atoms with Crippen molar-refractivity contribution in [1.82, 2.24) is 0 Å². The van der Waals surface area contributed by atoms with E-state index in [2.05, 4.69) is 12.1 Å². The second kappa shape index (κ2) is 5.44. The van der Waals surface area contributed by atoms with E-state index in [1.54, 1.807) is 0 Å². The number of phenols is 1. The van der Waals surface area contributed by atoms with E-state index in [0.717, 1.165) is 18.4 Å². The van der Waals surface area contributed by atoms with Gasteiger partial charge in [-0.1, -0.05) is 53.5 Å². The highest BCUT2D eigenvalue weighted by Gasteiger charge is 2.08. The van der Waals surface area contributed by atoms with Gasteiger partial charge in [0.2, 0.25) is 0 Å². The third-order valence-electron chi connectivity index (χ3n) is 2.63. The summed E-state index contributed by atoms with van der Waals surface area (Å²) in [5, 5.41) is 10.4. The normalized spacial score (nSPS) is 10.5. The molecule has 1 N–H and O–H groups in total. The van der Waals surface area contributed by atoms with Gasteiger partial charge in [-0.25, -0.2) is 0 Å². The minimum Gasteiger partial charge on any atom is -0.508 e. The highest BCUT2D eigenvalue weighted by atomic mass is 35.5. The van der Waals surface area contributed by atoms with Gasteiger partial charge in [-0.05, 0) is 36.1 Å². The molecule has 0 bridgehead atoms. The largest absolute Gasteiger partial charge is 0.508 e. The maximum atomic E-state index is 9.33. The number of hydrogen-bond donors (Lipinski definition) is 1. The Labute approximate surface area is 111 Å². The van der Waals surface area contributed by atoms with E-state index < -0.39 is 0 Å². The minimum absolute atomic E-state index is 0.100. The number of rotatable bonds is 3. The van der Waals surface area contributed by atoms with E-state index >= 15 is 0 Å². The summed E-state index contributed by atoms with van der Waals surface area (Å²) in [5.74, 6) is 0.100. The molecule has 0 saturated carbocycles. The predicted molar refractivity (Wildman–Crippen MR) is 72.0 cm³/mol. The maximum Gasteiger partial charge on any atom is 0.118 e. The van der Waals surface area contributed by atoms with Crippen molar-refractivity contribution in [3.63, 3.8) is 0 Å². The van der Waals surface area contributed by atoms with Gasteiger partial charge >= 0.3 is 0 Å². The molecule has 0 aromatic heterocycles. The summed E-state index contributed by atoms with van der Waals surface area (Å²) in [6.07, 6.45) is 1.65. The van der Waals surface area contributed by atoms with Gasteiger partial charge in [0, 0.05) is 10.0 Å². The van der Waals surface area contributed by atoms with Crippen LogP contribution in [0.2, 0.25) is 10.0 Å². The molecule has 0 spiro atoms. The Morgan fingerprint density at radius 2 is 1.47 bits per heavy atom. The average molecular weight is 267 g/mol. The number of aryl methyl sites for hydroxylation is 1. The van der Waals surface area contributed by atoms with Crippen LogP contribution in [0.5, 0.6) is 5.75 Å². The quantitative estimate of drug-likeness (QED) is 0.869. The molecule has 0 unspecified atom stereocenters. The monoisotopic (exact) mass is 266 g/mol. The molecule has 1 nitrogen and oxygen atoms in total. The van der Waals surface area contributed by atoms with Gasteiger partial charge in [0.25, 0.3) is 0 Å². The molecule has 0 radical (unpaired) electrons. The second-order valence-electron chi connectivity index (χ2n) is 3.87. The third-order valence-corrected chi connectivity index (χ3v) is 3.31. The van der Waals surface area contributed by atoms with Crippen LogP contribution in [0.15, 0.2) is 42.5 Å². The van der Waals surface area contributed by atoms with Crippen LogP contribution in [0.1, 0.15) is 11.1 Å². The molecule has 0 aliphatic heterocycles. The van der Waals surface area contributed by atoms with E-state index in [9.17, 15) is 5.11 Å². The molecule has 0 amide bonds. The van der Waals surface area contributed by atoms with Crippen molar-refractivity contribution in [2.24, 2.45) is 0 Å². The van der Waals surface area contributed by atoms with Crippen molar-refractivity contribution in [2.75, 3.05) is 0 Å². The topological polar surface area (TPSA) is 20.2 Å². The smallest absolute Gasteiger partial charge is 0.118 e.